The molecule has 2 fully saturated rings. The van der Waals surface area contributed by atoms with E-state index in [-0.39, 0.29) is 0 Å². The molecule has 0 radical (unpaired) electrons. The Morgan fingerprint density at radius 3 is 2.62 bits per heavy atom. The Kier molecular flexibility index (Phi) is 4.22. The van der Waals surface area contributed by atoms with Crippen molar-refractivity contribution in [1.29, 1.82) is 5.41 Å². The predicted molar refractivity (Wildman–Crippen MR) is 65.7 cm³/mol. The quantitative estimate of drug-likeness (QED) is 0.570. The van der Waals surface area contributed by atoms with E-state index in [9.17, 15) is 0 Å². The Balaban J connectivity index is 1.85. The Morgan fingerprint density at radius 2 is 1.94 bits per heavy atom. The summed E-state index contributed by atoms with van der Waals surface area (Å²) in [5, 5.41) is 17.2. The first-order chi connectivity index (χ1) is 7.81. The normalized spacial score (nSPS) is 27.3. The Morgan fingerprint density at radius 1 is 1.19 bits per heavy atom. The third kappa shape index (κ3) is 2.76. The fourth-order valence-electron chi connectivity index (χ4n) is 3.16. The third-order valence-corrected chi connectivity index (χ3v) is 4.14. The van der Waals surface area contributed by atoms with Crippen LogP contribution in [0.25, 0.3) is 0 Å². The van der Waals surface area contributed by atoms with E-state index in [0.717, 1.165) is 25.3 Å². The van der Waals surface area contributed by atoms with Crippen LogP contribution in [0.2, 0.25) is 0 Å². The largest absolute Gasteiger partial charge is 0.396 e. The first-order valence-electron chi connectivity index (χ1n) is 6.75. The van der Waals surface area contributed by atoms with Gasteiger partial charge in [-0.25, -0.2) is 0 Å². The first kappa shape index (κ1) is 11.9. The molecule has 0 aromatic heterocycles. The molecule has 1 saturated heterocycles. The van der Waals surface area contributed by atoms with Gasteiger partial charge in [-0.1, -0.05) is 12.8 Å². The molecule has 2 N–H and O–H groups in total. The number of nitrogens with zero attached hydrogens (tertiary/aromatic N) is 1. The van der Waals surface area contributed by atoms with Crippen molar-refractivity contribution in [3.05, 3.63) is 0 Å². The molecular formula is C13H24N2O. The molecule has 1 saturated carbocycles. The number of piperidine rings is 1. The lowest BCUT2D eigenvalue weighted by molar-refractivity contribution is 0.193. The molecule has 0 aromatic carbocycles. The van der Waals surface area contributed by atoms with E-state index in [4.69, 9.17) is 10.5 Å². The number of aliphatic hydroxyl groups excluding tert-OH is 1. The summed E-state index contributed by atoms with van der Waals surface area (Å²) in [7, 11) is 0. The maximum absolute atomic E-state index is 8.98. The van der Waals surface area contributed by atoms with Gasteiger partial charge < -0.3 is 10.0 Å². The molecule has 16 heavy (non-hydrogen) atoms. The predicted octanol–water partition coefficient (Wildman–Crippen LogP) is 2.25. The van der Waals surface area contributed by atoms with Crippen LogP contribution < -0.4 is 0 Å². The molecule has 92 valence electrons. The Hall–Kier alpha value is -0.570. The molecule has 0 bridgehead atoms. The molecule has 2 rings (SSSR count). The molecule has 0 amide bonds. The van der Waals surface area contributed by atoms with Crippen LogP contribution in [0.5, 0.6) is 0 Å². The molecule has 2 aliphatic rings. The minimum atomic E-state index is 0.301. The van der Waals surface area contributed by atoms with E-state index in [1.165, 1.54) is 38.5 Å². The number of nitrogens with one attached hydrogen (secondary N) is 1. The fourth-order valence-corrected chi connectivity index (χ4v) is 3.16. The van der Waals surface area contributed by atoms with Crippen molar-refractivity contribution < 1.29 is 5.11 Å². The van der Waals surface area contributed by atoms with E-state index in [1.54, 1.807) is 0 Å². The monoisotopic (exact) mass is 224 g/mol. The van der Waals surface area contributed by atoms with Crippen molar-refractivity contribution in [1.82, 2.24) is 4.90 Å². The molecule has 1 atom stereocenters. The smallest absolute Gasteiger partial charge is 0.0989 e. The second kappa shape index (κ2) is 5.67. The zero-order valence-electron chi connectivity index (χ0n) is 10.1. The van der Waals surface area contributed by atoms with E-state index < -0.39 is 0 Å². The van der Waals surface area contributed by atoms with Crippen LogP contribution in [0.15, 0.2) is 0 Å². The molecule has 1 aliphatic heterocycles. The molecule has 0 spiro atoms. The van der Waals surface area contributed by atoms with Crippen molar-refractivity contribution in [3.8, 4) is 0 Å². The lowest BCUT2D eigenvalue weighted by Crippen LogP contribution is -2.42. The third-order valence-electron chi connectivity index (χ3n) is 4.14. The van der Waals surface area contributed by atoms with Gasteiger partial charge in [0.25, 0.3) is 0 Å². The second-order valence-corrected chi connectivity index (χ2v) is 5.33. The zero-order valence-corrected chi connectivity index (χ0v) is 10.1. The molecule has 1 heterocycles. The second-order valence-electron chi connectivity index (χ2n) is 5.33. The van der Waals surface area contributed by atoms with Gasteiger partial charge in [-0.3, -0.25) is 5.41 Å². The van der Waals surface area contributed by atoms with E-state index in [1.807, 2.05) is 0 Å². The highest BCUT2D eigenvalue weighted by Gasteiger charge is 2.27. The van der Waals surface area contributed by atoms with Gasteiger partial charge in [0.05, 0.1) is 5.84 Å². The molecule has 3 heteroatoms. The highest BCUT2D eigenvalue weighted by Crippen LogP contribution is 2.29. The molecule has 1 unspecified atom stereocenters. The molecular weight excluding hydrogens is 200 g/mol. The standard InChI is InChI=1S/C13H24N2O/c14-13(12-5-1-2-6-12)15-8-3-4-11(10-15)7-9-16/h11-12,14,16H,1-10H2. The topological polar surface area (TPSA) is 47.3 Å². The highest BCUT2D eigenvalue weighted by atomic mass is 16.3. The average molecular weight is 224 g/mol. The van der Waals surface area contributed by atoms with Crippen molar-refractivity contribution in [2.24, 2.45) is 11.8 Å². The fraction of sp³-hybridized carbons (Fsp3) is 0.923. The van der Waals surface area contributed by atoms with Crippen LogP contribution in [0.4, 0.5) is 0 Å². The molecule has 1 aliphatic carbocycles. The van der Waals surface area contributed by atoms with E-state index >= 15 is 0 Å². The maximum atomic E-state index is 8.98. The number of likely N-dealkylation sites (tertiary alicyclic amines) is 1. The van der Waals surface area contributed by atoms with Crippen LogP contribution in [-0.2, 0) is 0 Å². The van der Waals surface area contributed by atoms with Gasteiger partial charge in [0.2, 0.25) is 0 Å². The van der Waals surface area contributed by atoms with Gasteiger partial charge in [0.15, 0.2) is 0 Å². The highest BCUT2D eigenvalue weighted by molar-refractivity contribution is 5.82. The number of amidine groups is 1. The van der Waals surface area contributed by atoms with Crippen molar-refractivity contribution in [2.75, 3.05) is 19.7 Å². The van der Waals surface area contributed by atoms with E-state index in [2.05, 4.69) is 4.90 Å². The zero-order chi connectivity index (χ0) is 11.4. The summed E-state index contributed by atoms with van der Waals surface area (Å²) in [6, 6.07) is 0. The molecule has 3 nitrogen and oxygen atoms in total. The minimum absolute atomic E-state index is 0.301. The SMILES string of the molecule is N=C(C1CCCC1)N1CCCC(CCO)C1. The van der Waals surface area contributed by atoms with Crippen LogP contribution in [0.1, 0.15) is 44.9 Å². The van der Waals surface area contributed by atoms with Crippen LogP contribution >= 0.6 is 0 Å². The summed E-state index contributed by atoms with van der Waals surface area (Å²) >= 11 is 0. The molecule has 0 aromatic rings. The van der Waals surface area contributed by atoms with Crippen LogP contribution in [-0.4, -0.2) is 35.5 Å². The first-order valence-corrected chi connectivity index (χ1v) is 6.75. The number of aliphatic hydroxyl groups is 1. The van der Waals surface area contributed by atoms with Gasteiger partial charge in [0, 0.05) is 25.6 Å². The van der Waals surface area contributed by atoms with Gasteiger partial charge in [0.1, 0.15) is 0 Å². The van der Waals surface area contributed by atoms with Gasteiger partial charge in [-0.15, -0.1) is 0 Å². The summed E-state index contributed by atoms with van der Waals surface area (Å²) < 4.78 is 0. The number of rotatable bonds is 3. The summed E-state index contributed by atoms with van der Waals surface area (Å²) in [4.78, 5) is 2.28. The summed E-state index contributed by atoms with van der Waals surface area (Å²) in [5.41, 5.74) is 0. The van der Waals surface area contributed by atoms with Gasteiger partial charge in [-0.05, 0) is 38.0 Å². The Labute approximate surface area is 98.3 Å². The summed E-state index contributed by atoms with van der Waals surface area (Å²) in [6.07, 6.45) is 8.39. The maximum Gasteiger partial charge on any atom is 0.0989 e. The minimum Gasteiger partial charge on any atom is -0.396 e. The van der Waals surface area contributed by atoms with Crippen molar-refractivity contribution in [2.45, 2.75) is 44.9 Å². The number of hydrogen-bond donors (Lipinski definition) is 2. The lowest BCUT2D eigenvalue weighted by Gasteiger charge is -2.36. The van der Waals surface area contributed by atoms with Crippen LogP contribution in [0.3, 0.4) is 0 Å². The average Bonchev–Trinajstić information content (AvgIpc) is 2.82. The van der Waals surface area contributed by atoms with Gasteiger partial charge in [-0.2, -0.15) is 0 Å². The lowest BCUT2D eigenvalue weighted by atomic mass is 9.93. The number of hydrogen-bond acceptors (Lipinski definition) is 2. The van der Waals surface area contributed by atoms with Crippen molar-refractivity contribution in [3.63, 3.8) is 0 Å². The van der Waals surface area contributed by atoms with Crippen LogP contribution in [0, 0.1) is 17.2 Å². The summed E-state index contributed by atoms with van der Waals surface area (Å²) in [5.74, 6) is 2.04. The van der Waals surface area contributed by atoms with E-state index in [0.29, 0.717) is 18.4 Å². The summed E-state index contributed by atoms with van der Waals surface area (Å²) in [6.45, 7) is 2.38. The van der Waals surface area contributed by atoms with Crippen molar-refractivity contribution >= 4 is 5.84 Å². The Bertz CT molecular complexity index is 234. The van der Waals surface area contributed by atoms with Gasteiger partial charge >= 0.3 is 0 Å².